The third-order valence-corrected chi connectivity index (χ3v) is 5.26. The second-order valence-corrected chi connectivity index (χ2v) is 7.33. The number of Topliss-reactive ketones (excluding diaryl/α,β-unsaturated/α-hetero) is 1. The van der Waals surface area contributed by atoms with Gasteiger partial charge in [0.25, 0.3) is 0 Å². The highest BCUT2D eigenvalue weighted by atomic mass is 32.2. The average Bonchev–Trinajstić information content (AvgIpc) is 2.61. The summed E-state index contributed by atoms with van der Waals surface area (Å²) in [4.78, 5) is 13.7. The molecule has 0 aliphatic heterocycles. The van der Waals surface area contributed by atoms with E-state index in [1.54, 1.807) is 6.08 Å². The summed E-state index contributed by atoms with van der Waals surface area (Å²) >= 11 is 0. The van der Waals surface area contributed by atoms with E-state index < -0.39 is 10.8 Å². The molecule has 0 aromatic heterocycles. The van der Waals surface area contributed by atoms with Gasteiger partial charge in [0, 0.05) is 11.3 Å². The van der Waals surface area contributed by atoms with Crippen LogP contribution in [0.2, 0.25) is 0 Å². The first-order valence-corrected chi connectivity index (χ1v) is 9.55. The molecule has 2 nitrogen and oxygen atoms in total. The van der Waals surface area contributed by atoms with Gasteiger partial charge in [-0.15, -0.1) is 0 Å². The van der Waals surface area contributed by atoms with E-state index in [9.17, 15) is 9.00 Å². The number of benzene rings is 2. The van der Waals surface area contributed by atoms with Crippen LogP contribution in [0, 0.1) is 6.92 Å². The monoisotopic (exact) mass is 340 g/mol. The molecule has 0 radical (unpaired) electrons. The van der Waals surface area contributed by atoms with Crippen LogP contribution in [0.15, 0.2) is 64.4 Å². The Morgan fingerprint density at radius 2 is 1.67 bits per heavy atom. The molecule has 0 heterocycles. The summed E-state index contributed by atoms with van der Waals surface area (Å²) in [7, 11) is -1.45. The molecule has 0 amide bonds. The number of unbranched alkanes of at least 4 members (excludes halogenated alkanes) is 2. The Labute approximate surface area is 147 Å². The van der Waals surface area contributed by atoms with Gasteiger partial charge in [0.1, 0.15) is 0 Å². The highest BCUT2D eigenvalue weighted by Gasteiger charge is 2.18. The number of hydrogen-bond acceptors (Lipinski definition) is 2. The maximum Gasteiger partial charge on any atom is 0.172 e. The van der Waals surface area contributed by atoms with E-state index in [2.05, 4.69) is 6.92 Å². The van der Waals surface area contributed by atoms with Crippen molar-refractivity contribution in [2.24, 2.45) is 0 Å². The first kappa shape index (κ1) is 18.3. The fraction of sp³-hybridized carbons (Fsp3) is 0.286. The first-order chi connectivity index (χ1) is 11.6. The normalized spacial score (nSPS) is 12.8. The maximum absolute atomic E-state index is 13.0. The van der Waals surface area contributed by atoms with E-state index in [-0.39, 0.29) is 5.78 Å². The molecule has 3 heteroatoms. The SMILES string of the molecule is CCCCCC(=O)/C(=C\c1ccccc1)S(=O)c1ccc(C)cc1. The van der Waals surface area contributed by atoms with Gasteiger partial charge in [0.05, 0.1) is 15.7 Å². The van der Waals surface area contributed by atoms with Crippen LogP contribution in [-0.4, -0.2) is 9.99 Å². The minimum Gasteiger partial charge on any atom is -0.294 e. The number of carbonyl (C=O) groups is 1. The third-order valence-electron chi connectivity index (χ3n) is 3.81. The maximum atomic E-state index is 13.0. The van der Waals surface area contributed by atoms with Crippen molar-refractivity contribution in [3.8, 4) is 0 Å². The van der Waals surface area contributed by atoms with Crippen molar-refractivity contribution in [2.75, 3.05) is 0 Å². The zero-order valence-corrected chi connectivity index (χ0v) is 15.1. The van der Waals surface area contributed by atoms with Crippen molar-refractivity contribution in [3.05, 3.63) is 70.6 Å². The molecule has 2 aromatic rings. The number of allylic oxidation sites excluding steroid dienone is 1. The number of aryl methyl sites for hydroxylation is 1. The summed E-state index contributed by atoms with van der Waals surface area (Å²) in [5.74, 6) is -0.0220. The van der Waals surface area contributed by atoms with Gasteiger partial charge < -0.3 is 0 Å². The van der Waals surface area contributed by atoms with E-state index in [4.69, 9.17) is 0 Å². The van der Waals surface area contributed by atoms with Gasteiger partial charge in [-0.2, -0.15) is 0 Å². The zero-order chi connectivity index (χ0) is 17.4. The van der Waals surface area contributed by atoms with Crippen molar-refractivity contribution in [1.82, 2.24) is 0 Å². The van der Waals surface area contributed by atoms with Crippen LogP contribution in [0.1, 0.15) is 43.7 Å². The molecule has 0 aliphatic carbocycles. The highest BCUT2D eigenvalue weighted by molar-refractivity contribution is 7.90. The second-order valence-electron chi connectivity index (χ2n) is 5.88. The molecule has 0 fully saturated rings. The van der Waals surface area contributed by atoms with Gasteiger partial charge in [-0.05, 0) is 37.1 Å². The lowest BCUT2D eigenvalue weighted by molar-refractivity contribution is -0.115. The number of carbonyl (C=O) groups excluding carboxylic acids is 1. The topological polar surface area (TPSA) is 34.1 Å². The van der Waals surface area contributed by atoms with Crippen molar-refractivity contribution in [2.45, 2.75) is 44.4 Å². The number of ketones is 1. The molecule has 24 heavy (non-hydrogen) atoms. The minimum atomic E-state index is -1.45. The van der Waals surface area contributed by atoms with E-state index in [1.807, 2.05) is 61.5 Å². The fourth-order valence-corrected chi connectivity index (χ4v) is 3.57. The Morgan fingerprint density at radius 1 is 1.00 bits per heavy atom. The molecule has 0 aliphatic rings. The summed E-state index contributed by atoms with van der Waals surface area (Å²) in [6, 6.07) is 17.1. The first-order valence-electron chi connectivity index (χ1n) is 8.40. The van der Waals surface area contributed by atoms with E-state index in [1.165, 1.54) is 0 Å². The molecule has 0 saturated heterocycles. The van der Waals surface area contributed by atoms with Gasteiger partial charge in [-0.25, -0.2) is 4.21 Å². The van der Waals surface area contributed by atoms with Gasteiger partial charge in [0.2, 0.25) is 0 Å². The molecular formula is C21H24O2S. The third kappa shape index (κ3) is 5.27. The van der Waals surface area contributed by atoms with Crippen molar-refractivity contribution in [1.29, 1.82) is 0 Å². The van der Waals surface area contributed by atoms with Crippen molar-refractivity contribution < 1.29 is 9.00 Å². The Bertz CT molecular complexity index is 715. The number of rotatable bonds is 8. The van der Waals surface area contributed by atoms with Crippen LogP contribution in [0.25, 0.3) is 6.08 Å². The molecular weight excluding hydrogens is 316 g/mol. The Morgan fingerprint density at radius 3 is 2.29 bits per heavy atom. The zero-order valence-electron chi connectivity index (χ0n) is 14.3. The van der Waals surface area contributed by atoms with Gasteiger partial charge >= 0.3 is 0 Å². The molecule has 126 valence electrons. The molecule has 1 unspecified atom stereocenters. The van der Waals surface area contributed by atoms with Crippen LogP contribution >= 0.6 is 0 Å². The largest absolute Gasteiger partial charge is 0.294 e. The molecule has 0 spiro atoms. The Kier molecular flexibility index (Phi) is 7.13. The molecule has 0 bridgehead atoms. The van der Waals surface area contributed by atoms with E-state index in [0.717, 1.165) is 30.4 Å². The summed E-state index contributed by atoms with van der Waals surface area (Å²) in [6.45, 7) is 4.10. The van der Waals surface area contributed by atoms with Gasteiger partial charge in [-0.3, -0.25) is 4.79 Å². The lowest BCUT2D eigenvalue weighted by atomic mass is 10.1. The fourth-order valence-electron chi connectivity index (χ4n) is 2.39. The summed E-state index contributed by atoms with van der Waals surface area (Å²) < 4.78 is 13.0. The van der Waals surface area contributed by atoms with Gasteiger partial charge in [0.15, 0.2) is 5.78 Å². The Balaban J connectivity index is 2.31. The van der Waals surface area contributed by atoms with E-state index >= 15 is 0 Å². The van der Waals surface area contributed by atoms with Crippen molar-refractivity contribution >= 4 is 22.7 Å². The highest BCUT2D eigenvalue weighted by Crippen LogP contribution is 2.21. The average molecular weight is 340 g/mol. The smallest absolute Gasteiger partial charge is 0.172 e. The van der Waals surface area contributed by atoms with Gasteiger partial charge in [-0.1, -0.05) is 67.8 Å². The lowest BCUT2D eigenvalue weighted by Crippen LogP contribution is -2.09. The minimum absolute atomic E-state index is 0.0220. The summed E-state index contributed by atoms with van der Waals surface area (Å²) in [6.07, 6.45) is 5.13. The van der Waals surface area contributed by atoms with E-state index in [0.29, 0.717) is 16.2 Å². The van der Waals surface area contributed by atoms with Crippen LogP contribution in [0.5, 0.6) is 0 Å². The van der Waals surface area contributed by atoms with Crippen LogP contribution in [-0.2, 0) is 15.6 Å². The van der Waals surface area contributed by atoms with Crippen LogP contribution < -0.4 is 0 Å². The Hall–Kier alpha value is -2.00. The molecule has 0 saturated carbocycles. The predicted molar refractivity (Wildman–Crippen MR) is 101 cm³/mol. The van der Waals surface area contributed by atoms with Crippen LogP contribution in [0.4, 0.5) is 0 Å². The summed E-state index contributed by atoms with van der Waals surface area (Å²) in [5.41, 5.74) is 2.01. The quantitative estimate of drug-likeness (QED) is 0.483. The number of hydrogen-bond donors (Lipinski definition) is 0. The molecule has 1 atom stereocenters. The second kappa shape index (κ2) is 9.33. The molecule has 0 N–H and O–H groups in total. The standard InChI is InChI=1S/C21H24O2S/c1-3-4-6-11-20(22)21(16-18-9-7-5-8-10-18)24(23)19-14-12-17(2)13-15-19/h5,7-10,12-16H,3-4,6,11H2,1-2H3/b21-16+. The summed E-state index contributed by atoms with van der Waals surface area (Å²) in [5, 5.41) is 0. The van der Waals surface area contributed by atoms with Crippen LogP contribution in [0.3, 0.4) is 0 Å². The lowest BCUT2D eigenvalue weighted by Gasteiger charge is -2.08. The molecule has 2 rings (SSSR count). The van der Waals surface area contributed by atoms with Crippen molar-refractivity contribution in [3.63, 3.8) is 0 Å². The predicted octanol–water partition coefficient (Wildman–Crippen LogP) is 5.29. The molecule has 2 aromatic carbocycles.